The highest BCUT2D eigenvalue weighted by atomic mass is 35.5. The number of hydrogen-bond donors (Lipinski definition) is 2. The number of phenolic OH excluding ortho intramolecular Hbond substituents is 1. The number of phenols is 1. The van der Waals surface area contributed by atoms with Crippen LogP contribution >= 0.6 is 11.6 Å². The van der Waals surface area contributed by atoms with Crippen LogP contribution in [0.1, 0.15) is 21.5 Å². The van der Waals surface area contributed by atoms with Gasteiger partial charge in [0.1, 0.15) is 5.75 Å². The number of halogens is 1. The van der Waals surface area contributed by atoms with Crippen molar-refractivity contribution in [3.8, 4) is 5.75 Å². The van der Waals surface area contributed by atoms with E-state index >= 15 is 0 Å². The van der Waals surface area contributed by atoms with Gasteiger partial charge in [0.25, 0.3) is 5.91 Å². The van der Waals surface area contributed by atoms with E-state index in [4.69, 9.17) is 11.6 Å². The van der Waals surface area contributed by atoms with Gasteiger partial charge in [-0.05, 0) is 42.3 Å². The smallest absolute Gasteiger partial charge is 0.251 e. The molecular weight excluding hydrogens is 262 g/mol. The van der Waals surface area contributed by atoms with Crippen LogP contribution in [0.25, 0.3) is 0 Å². The summed E-state index contributed by atoms with van der Waals surface area (Å²) in [6, 6.07) is 12.0. The molecule has 98 valence electrons. The molecule has 0 spiro atoms. The van der Waals surface area contributed by atoms with E-state index in [-0.39, 0.29) is 11.7 Å². The Morgan fingerprint density at radius 2 is 2.05 bits per heavy atom. The molecule has 0 heterocycles. The summed E-state index contributed by atoms with van der Waals surface area (Å²) >= 11 is 5.89. The Hall–Kier alpha value is -2.00. The molecule has 0 atom stereocenters. The Balaban J connectivity index is 2.07. The van der Waals surface area contributed by atoms with E-state index in [0.717, 1.165) is 11.1 Å². The van der Waals surface area contributed by atoms with Gasteiger partial charge in [-0.25, -0.2) is 0 Å². The Morgan fingerprint density at radius 1 is 1.26 bits per heavy atom. The zero-order valence-corrected chi connectivity index (χ0v) is 11.2. The van der Waals surface area contributed by atoms with Gasteiger partial charge >= 0.3 is 0 Å². The zero-order chi connectivity index (χ0) is 13.8. The number of aromatic hydroxyl groups is 1. The highest BCUT2D eigenvalue weighted by Crippen LogP contribution is 2.16. The van der Waals surface area contributed by atoms with E-state index in [2.05, 4.69) is 5.32 Å². The van der Waals surface area contributed by atoms with Crippen molar-refractivity contribution in [1.82, 2.24) is 5.32 Å². The molecule has 1 amide bonds. The minimum atomic E-state index is -0.177. The number of benzene rings is 2. The van der Waals surface area contributed by atoms with E-state index in [1.807, 2.05) is 19.1 Å². The van der Waals surface area contributed by atoms with Crippen molar-refractivity contribution >= 4 is 17.5 Å². The predicted molar refractivity (Wildman–Crippen MR) is 75.5 cm³/mol. The summed E-state index contributed by atoms with van der Waals surface area (Å²) in [6.45, 7) is 2.22. The molecule has 2 N–H and O–H groups in total. The van der Waals surface area contributed by atoms with Gasteiger partial charge in [-0.3, -0.25) is 4.79 Å². The summed E-state index contributed by atoms with van der Waals surface area (Å²) in [5.74, 6) is 0.00836. The first-order chi connectivity index (χ1) is 9.06. The van der Waals surface area contributed by atoms with Crippen LogP contribution < -0.4 is 5.32 Å². The molecule has 0 aromatic heterocycles. The molecule has 2 aromatic carbocycles. The molecule has 0 aliphatic carbocycles. The zero-order valence-electron chi connectivity index (χ0n) is 10.5. The highest BCUT2D eigenvalue weighted by Gasteiger charge is 2.09. The molecule has 19 heavy (non-hydrogen) atoms. The summed E-state index contributed by atoms with van der Waals surface area (Å²) in [4.78, 5) is 12.0. The van der Waals surface area contributed by atoms with Gasteiger partial charge in [-0.15, -0.1) is 0 Å². The molecular formula is C15H14ClNO2. The average molecular weight is 276 g/mol. The van der Waals surface area contributed by atoms with Gasteiger partial charge in [-0.2, -0.15) is 0 Å². The largest absolute Gasteiger partial charge is 0.508 e. The SMILES string of the molecule is Cc1ccc(Cl)cc1C(=O)NCc1cccc(O)c1. The van der Waals surface area contributed by atoms with Crippen LogP contribution in [-0.4, -0.2) is 11.0 Å². The number of aryl methyl sites for hydroxylation is 1. The molecule has 0 bridgehead atoms. The van der Waals surface area contributed by atoms with Crippen molar-refractivity contribution < 1.29 is 9.90 Å². The van der Waals surface area contributed by atoms with E-state index in [1.165, 1.54) is 0 Å². The summed E-state index contributed by atoms with van der Waals surface area (Å²) in [7, 11) is 0. The van der Waals surface area contributed by atoms with E-state index < -0.39 is 0 Å². The topological polar surface area (TPSA) is 49.3 Å². The lowest BCUT2D eigenvalue weighted by atomic mass is 10.1. The Labute approximate surface area is 116 Å². The summed E-state index contributed by atoms with van der Waals surface area (Å²) < 4.78 is 0. The molecule has 3 nitrogen and oxygen atoms in total. The summed E-state index contributed by atoms with van der Waals surface area (Å²) in [5.41, 5.74) is 2.28. The van der Waals surface area contributed by atoms with Gasteiger partial charge < -0.3 is 10.4 Å². The van der Waals surface area contributed by atoms with Crippen LogP contribution in [0.5, 0.6) is 5.75 Å². The number of hydrogen-bond acceptors (Lipinski definition) is 2. The Morgan fingerprint density at radius 3 is 2.79 bits per heavy atom. The second-order valence-electron chi connectivity index (χ2n) is 4.31. The fourth-order valence-corrected chi connectivity index (χ4v) is 1.95. The van der Waals surface area contributed by atoms with E-state index in [0.29, 0.717) is 17.1 Å². The molecule has 0 aliphatic rings. The number of carbonyl (C=O) groups is 1. The van der Waals surface area contributed by atoms with Gasteiger partial charge in [0, 0.05) is 17.1 Å². The van der Waals surface area contributed by atoms with Crippen molar-refractivity contribution in [3.63, 3.8) is 0 Å². The number of amides is 1. The molecule has 0 fully saturated rings. The second-order valence-corrected chi connectivity index (χ2v) is 4.75. The number of nitrogens with one attached hydrogen (secondary N) is 1. The quantitative estimate of drug-likeness (QED) is 0.903. The van der Waals surface area contributed by atoms with Crippen LogP contribution in [0.15, 0.2) is 42.5 Å². The summed E-state index contributed by atoms with van der Waals surface area (Å²) in [6.07, 6.45) is 0. The monoisotopic (exact) mass is 275 g/mol. The van der Waals surface area contributed by atoms with Gasteiger partial charge in [0.05, 0.1) is 0 Å². The van der Waals surface area contributed by atoms with Gasteiger partial charge in [-0.1, -0.05) is 29.8 Å². The second kappa shape index (κ2) is 5.76. The lowest BCUT2D eigenvalue weighted by Gasteiger charge is -2.08. The number of rotatable bonds is 3. The van der Waals surface area contributed by atoms with Gasteiger partial charge in [0.2, 0.25) is 0 Å². The average Bonchev–Trinajstić information content (AvgIpc) is 2.39. The normalized spacial score (nSPS) is 10.2. The van der Waals surface area contributed by atoms with E-state index in [9.17, 15) is 9.90 Å². The maximum atomic E-state index is 12.0. The number of carbonyl (C=O) groups excluding carboxylic acids is 1. The fourth-order valence-electron chi connectivity index (χ4n) is 1.78. The molecule has 0 radical (unpaired) electrons. The molecule has 0 saturated heterocycles. The third kappa shape index (κ3) is 3.48. The van der Waals surface area contributed by atoms with Crippen molar-refractivity contribution in [2.24, 2.45) is 0 Å². The third-order valence-electron chi connectivity index (χ3n) is 2.81. The van der Waals surface area contributed by atoms with Crippen molar-refractivity contribution in [1.29, 1.82) is 0 Å². The van der Waals surface area contributed by atoms with Crippen LogP contribution in [0.4, 0.5) is 0 Å². The minimum absolute atomic E-state index is 0.177. The molecule has 2 aromatic rings. The lowest BCUT2D eigenvalue weighted by molar-refractivity contribution is 0.0950. The van der Waals surface area contributed by atoms with Gasteiger partial charge in [0.15, 0.2) is 0 Å². The van der Waals surface area contributed by atoms with Crippen molar-refractivity contribution in [2.75, 3.05) is 0 Å². The molecule has 0 unspecified atom stereocenters. The Kier molecular flexibility index (Phi) is 4.07. The maximum absolute atomic E-state index is 12.0. The minimum Gasteiger partial charge on any atom is -0.508 e. The predicted octanol–water partition coefficient (Wildman–Crippen LogP) is 3.28. The first kappa shape index (κ1) is 13.4. The first-order valence-electron chi connectivity index (χ1n) is 5.88. The standard InChI is InChI=1S/C15H14ClNO2/c1-10-5-6-12(16)8-14(10)15(19)17-9-11-3-2-4-13(18)7-11/h2-8,18H,9H2,1H3,(H,17,19). The first-order valence-corrected chi connectivity index (χ1v) is 6.26. The molecule has 4 heteroatoms. The van der Waals surface area contributed by atoms with Crippen LogP contribution in [-0.2, 0) is 6.54 Å². The molecule has 0 aliphatic heterocycles. The van der Waals surface area contributed by atoms with Crippen LogP contribution in [0, 0.1) is 6.92 Å². The molecule has 2 rings (SSSR count). The Bertz CT molecular complexity index is 611. The van der Waals surface area contributed by atoms with E-state index in [1.54, 1.807) is 30.3 Å². The fraction of sp³-hybridized carbons (Fsp3) is 0.133. The maximum Gasteiger partial charge on any atom is 0.251 e. The van der Waals surface area contributed by atoms with Crippen LogP contribution in [0.2, 0.25) is 5.02 Å². The van der Waals surface area contributed by atoms with Crippen molar-refractivity contribution in [3.05, 3.63) is 64.2 Å². The lowest BCUT2D eigenvalue weighted by Crippen LogP contribution is -2.23. The third-order valence-corrected chi connectivity index (χ3v) is 3.04. The van der Waals surface area contributed by atoms with Crippen molar-refractivity contribution in [2.45, 2.75) is 13.5 Å². The summed E-state index contributed by atoms with van der Waals surface area (Å²) in [5, 5.41) is 12.7. The van der Waals surface area contributed by atoms with Crippen LogP contribution in [0.3, 0.4) is 0 Å². The molecule has 0 saturated carbocycles. The highest BCUT2D eigenvalue weighted by molar-refractivity contribution is 6.31.